The second-order valence-electron chi connectivity index (χ2n) is 8.54. The fourth-order valence-corrected chi connectivity index (χ4v) is 3.65. The lowest BCUT2D eigenvalue weighted by atomic mass is 9.78. The molecule has 4 aromatic carbocycles. The summed E-state index contributed by atoms with van der Waals surface area (Å²) in [6.45, 7) is 4.27. The Bertz CT molecular complexity index is 1220. The van der Waals surface area contributed by atoms with Gasteiger partial charge in [0.25, 0.3) is 0 Å². The zero-order chi connectivity index (χ0) is 25.0. The molecule has 4 rings (SSSR count). The lowest BCUT2D eigenvalue weighted by molar-refractivity contribution is 0.0686. The van der Waals surface area contributed by atoms with E-state index in [0.717, 1.165) is 11.1 Å². The minimum Gasteiger partial charge on any atom is -0.478 e. The van der Waals surface area contributed by atoms with E-state index in [1.807, 2.05) is 48.5 Å². The molecule has 35 heavy (non-hydrogen) atoms. The van der Waals surface area contributed by atoms with Crippen LogP contribution in [-0.4, -0.2) is 22.2 Å². The first-order valence-corrected chi connectivity index (χ1v) is 11.0. The summed E-state index contributed by atoms with van der Waals surface area (Å²) in [5, 5.41) is 18.0. The number of rotatable bonds is 8. The monoisotopic (exact) mass is 468 g/mol. The second-order valence-corrected chi connectivity index (χ2v) is 8.54. The van der Waals surface area contributed by atoms with Crippen LogP contribution in [0.4, 0.5) is 0 Å². The van der Waals surface area contributed by atoms with E-state index in [1.165, 1.54) is 24.3 Å². The summed E-state index contributed by atoms with van der Waals surface area (Å²) in [7, 11) is 0. The van der Waals surface area contributed by atoms with Crippen LogP contribution in [0.5, 0.6) is 23.0 Å². The lowest BCUT2D eigenvalue weighted by Gasteiger charge is -2.26. The number of ether oxygens (including phenoxy) is 2. The van der Waals surface area contributed by atoms with E-state index in [1.54, 1.807) is 24.3 Å². The van der Waals surface area contributed by atoms with Gasteiger partial charge in [-0.25, -0.2) is 9.59 Å². The van der Waals surface area contributed by atoms with Gasteiger partial charge in [-0.05, 0) is 83.9 Å². The molecule has 0 amide bonds. The van der Waals surface area contributed by atoms with E-state index in [2.05, 4.69) is 13.8 Å². The third-order valence-electron chi connectivity index (χ3n) is 5.83. The predicted molar refractivity (Wildman–Crippen MR) is 132 cm³/mol. The van der Waals surface area contributed by atoms with Crippen LogP contribution in [0.2, 0.25) is 0 Å². The number of hydrogen-bond donors (Lipinski definition) is 2. The number of carboxylic acid groups (broad SMARTS) is 2. The second kappa shape index (κ2) is 9.73. The van der Waals surface area contributed by atoms with Gasteiger partial charge in [0.2, 0.25) is 0 Å². The van der Waals surface area contributed by atoms with Crippen LogP contribution in [0.25, 0.3) is 0 Å². The summed E-state index contributed by atoms with van der Waals surface area (Å²) in [5.41, 5.74) is 2.35. The van der Waals surface area contributed by atoms with E-state index in [-0.39, 0.29) is 16.5 Å². The van der Waals surface area contributed by atoms with Crippen molar-refractivity contribution in [3.05, 3.63) is 119 Å². The summed E-state index contributed by atoms with van der Waals surface area (Å²) < 4.78 is 11.7. The van der Waals surface area contributed by atoms with Crippen LogP contribution in [-0.2, 0) is 5.41 Å². The Labute approximate surface area is 203 Å². The highest BCUT2D eigenvalue weighted by atomic mass is 16.5. The maximum Gasteiger partial charge on any atom is 0.335 e. The molecule has 176 valence electrons. The van der Waals surface area contributed by atoms with Crippen molar-refractivity contribution in [2.75, 3.05) is 0 Å². The van der Waals surface area contributed by atoms with E-state index >= 15 is 0 Å². The van der Waals surface area contributed by atoms with Crippen molar-refractivity contribution < 1.29 is 29.3 Å². The summed E-state index contributed by atoms with van der Waals surface area (Å²) >= 11 is 0. The Morgan fingerprint density at radius 3 is 1.03 bits per heavy atom. The van der Waals surface area contributed by atoms with Gasteiger partial charge >= 0.3 is 11.9 Å². The van der Waals surface area contributed by atoms with Gasteiger partial charge in [0, 0.05) is 5.41 Å². The van der Waals surface area contributed by atoms with Crippen LogP contribution >= 0.6 is 0 Å². The minimum atomic E-state index is -0.975. The Morgan fingerprint density at radius 2 is 0.771 bits per heavy atom. The molecule has 4 aromatic rings. The molecule has 0 atom stereocenters. The molecule has 6 heteroatoms. The highest BCUT2D eigenvalue weighted by Crippen LogP contribution is 2.34. The molecule has 0 aliphatic carbocycles. The van der Waals surface area contributed by atoms with Gasteiger partial charge in [0.15, 0.2) is 0 Å². The molecule has 0 aromatic heterocycles. The topological polar surface area (TPSA) is 93.1 Å². The third kappa shape index (κ3) is 5.50. The summed E-state index contributed by atoms with van der Waals surface area (Å²) in [6, 6.07) is 28.1. The highest BCUT2D eigenvalue weighted by molar-refractivity contribution is 5.88. The van der Waals surface area contributed by atoms with E-state index in [4.69, 9.17) is 19.7 Å². The molecule has 0 bridgehead atoms. The summed E-state index contributed by atoms with van der Waals surface area (Å²) in [5.74, 6) is 0.496. The third-order valence-corrected chi connectivity index (χ3v) is 5.83. The molecule has 0 aliphatic rings. The SMILES string of the molecule is CC(C)(c1ccc(Oc2ccc(C(=O)O)cc2)cc1)c1ccc(Oc2ccc(C(=O)O)cc2)cc1. The standard InChI is InChI=1S/C29H24O6/c1-29(2,21-7-15-25(16-8-21)34-23-11-3-19(4-12-23)27(30)31)22-9-17-26(18-10-22)35-24-13-5-20(6-14-24)28(32)33/h3-18H,1-2H3,(H,30,31)(H,32,33). The van der Waals surface area contributed by atoms with E-state index < -0.39 is 11.9 Å². The van der Waals surface area contributed by atoms with Crippen molar-refractivity contribution in [1.82, 2.24) is 0 Å². The molecule has 0 aliphatic heterocycles. The number of hydrogen-bond acceptors (Lipinski definition) is 4. The molecule has 0 heterocycles. The summed E-state index contributed by atoms with van der Waals surface area (Å²) in [4.78, 5) is 22.0. The van der Waals surface area contributed by atoms with Gasteiger partial charge in [0.05, 0.1) is 11.1 Å². The number of carbonyl (C=O) groups is 2. The summed E-state index contributed by atoms with van der Waals surface area (Å²) in [6.07, 6.45) is 0. The molecular formula is C29H24O6. The smallest absolute Gasteiger partial charge is 0.335 e. The van der Waals surface area contributed by atoms with Crippen molar-refractivity contribution >= 4 is 11.9 Å². The highest BCUT2D eigenvalue weighted by Gasteiger charge is 2.23. The van der Waals surface area contributed by atoms with Gasteiger partial charge in [-0.3, -0.25) is 0 Å². The Kier molecular flexibility index (Phi) is 6.55. The average Bonchev–Trinajstić information content (AvgIpc) is 2.85. The first-order valence-electron chi connectivity index (χ1n) is 11.0. The molecule has 6 nitrogen and oxygen atoms in total. The van der Waals surface area contributed by atoms with Crippen LogP contribution in [0.15, 0.2) is 97.1 Å². The Hall–Kier alpha value is -4.58. The van der Waals surface area contributed by atoms with Crippen molar-refractivity contribution in [2.45, 2.75) is 19.3 Å². The average molecular weight is 469 g/mol. The zero-order valence-electron chi connectivity index (χ0n) is 19.3. The first-order chi connectivity index (χ1) is 16.7. The fourth-order valence-electron chi connectivity index (χ4n) is 3.65. The zero-order valence-corrected chi connectivity index (χ0v) is 19.3. The van der Waals surface area contributed by atoms with Crippen molar-refractivity contribution in [1.29, 1.82) is 0 Å². The molecular weight excluding hydrogens is 444 g/mol. The molecule has 0 saturated heterocycles. The van der Waals surface area contributed by atoms with E-state index in [9.17, 15) is 9.59 Å². The van der Waals surface area contributed by atoms with Gasteiger partial charge < -0.3 is 19.7 Å². The molecule has 0 unspecified atom stereocenters. The van der Waals surface area contributed by atoms with Crippen LogP contribution in [0.1, 0.15) is 45.7 Å². The number of carboxylic acids is 2. The van der Waals surface area contributed by atoms with Gasteiger partial charge in [-0.2, -0.15) is 0 Å². The van der Waals surface area contributed by atoms with Crippen LogP contribution in [0, 0.1) is 0 Å². The Morgan fingerprint density at radius 1 is 0.514 bits per heavy atom. The molecule has 0 radical (unpaired) electrons. The predicted octanol–water partition coefficient (Wildman–Crippen LogP) is 6.99. The largest absolute Gasteiger partial charge is 0.478 e. The number of benzene rings is 4. The van der Waals surface area contributed by atoms with Crippen molar-refractivity contribution in [3.8, 4) is 23.0 Å². The minimum absolute atomic E-state index is 0.210. The maximum absolute atomic E-state index is 11.0. The van der Waals surface area contributed by atoms with E-state index in [0.29, 0.717) is 23.0 Å². The first kappa shape index (κ1) is 23.6. The van der Waals surface area contributed by atoms with Crippen molar-refractivity contribution in [3.63, 3.8) is 0 Å². The quantitative estimate of drug-likeness (QED) is 0.289. The Balaban J connectivity index is 1.43. The van der Waals surface area contributed by atoms with Crippen LogP contribution < -0.4 is 9.47 Å². The van der Waals surface area contributed by atoms with Crippen molar-refractivity contribution in [2.24, 2.45) is 0 Å². The van der Waals surface area contributed by atoms with Crippen LogP contribution in [0.3, 0.4) is 0 Å². The lowest BCUT2D eigenvalue weighted by Crippen LogP contribution is -2.18. The fraction of sp³-hybridized carbons (Fsp3) is 0.103. The molecule has 0 fully saturated rings. The van der Waals surface area contributed by atoms with Gasteiger partial charge in [-0.15, -0.1) is 0 Å². The van der Waals surface area contributed by atoms with Gasteiger partial charge in [0.1, 0.15) is 23.0 Å². The normalized spacial score (nSPS) is 11.0. The van der Waals surface area contributed by atoms with Gasteiger partial charge in [-0.1, -0.05) is 38.1 Å². The molecule has 0 spiro atoms. The molecule has 2 N–H and O–H groups in total. The number of aromatic carboxylic acids is 2. The maximum atomic E-state index is 11.0. The molecule has 0 saturated carbocycles.